The van der Waals surface area contributed by atoms with Gasteiger partial charge < -0.3 is 33.3 Å². The summed E-state index contributed by atoms with van der Waals surface area (Å²) < 4.78 is 34.7. The number of hydrogen-bond donors (Lipinski definition) is 0. The maximum atomic E-state index is 12.2. The molecule has 0 fully saturated rings. The lowest BCUT2D eigenvalue weighted by Crippen LogP contribution is -2.56. The van der Waals surface area contributed by atoms with E-state index in [1.807, 2.05) is 12.1 Å². The second-order valence-electron chi connectivity index (χ2n) is 8.45. The molecular weight excluding hydrogens is 480 g/mol. The highest BCUT2D eigenvalue weighted by Crippen LogP contribution is 2.52. The Morgan fingerprint density at radius 2 is 1.73 bits per heavy atom. The fraction of sp³-hybridized carbons (Fsp3) is 0.593. The van der Waals surface area contributed by atoms with E-state index in [9.17, 15) is 4.79 Å². The van der Waals surface area contributed by atoms with E-state index in [0.29, 0.717) is 23.6 Å². The standard InChI is InChI=1S/C27H40N2O8/c1-8-10-11-14-17-36-29-28-21-18-26(31-4,32-5)24(27(19-21,33-6)34-7)22-15-12-13-16-23(22)37-20(3)25(30)35-9-2/h12-13,15-16,18,24H,3,8-11,14,17,19H2,1-2,4-7H3. The monoisotopic (exact) mass is 520 g/mol. The molecule has 1 unspecified atom stereocenters. The van der Waals surface area contributed by atoms with Crippen LogP contribution >= 0.6 is 0 Å². The predicted octanol–water partition coefficient (Wildman–Crippen LogP) is 5.46. The molecule has 1 aromatic carbocycles. The third-order valence-corrected chi connectivity index (χ3v) is 6.25. The van der Waals surface area contributed by atoms with Crippen LogP contribution in [0.15, 0.2) is 58.8 Å². The van der Waals surface area contributed by atoms with Crippen molar-refractivity contribution >= 4 is 5.97 Å². The third-order valence-electron chi connectivity index (χ3n) is 6.25. The number of para-hydroxylation sites is 1. The lowest BCUT2D eigenvalue weighted by Gasteiger charge is -2.49. The molecule has 10 heteroatoms. The van der Waals surface area contributed by atoms with Crippen LogP contribution in [0, 0.1) is 0 Å². The second-order valence-corrected chi connectivity index (χ2v) is 8.45. The summed E-state index contributed by atoms with van der Waals surface area (Å²) in [5.74, 6) is -3.90. The van der Waals surface area contributed by atoms with Crippen LogP contribution < -0.4 is 4.74 Å². The van der Waals surface area contributed by atoms with Crippen LogP contribution in [0.5, 0.6) is 5.75 Å². The number of nitrogens with zero attached hydrogens (tertiary/aromatic N) is 2. The minimum absolute atomic E-state index is 0.160. The summed E-state index contributed by atoms with van der Waals surface area (Å²) >= 11 is 0. The van der Waals surface area contributed by atoms with Gasteiger partial charge in [0.2, 0.25) is 11.5 Å². The van der Waals surface area contributed by atoms with E-state index < -0.39 is 23.5 Å². The Kier molecular flexibility index (Phi) is 12.2. The molecule has 37 heavy (non-hydrogen) atoms. The van der Waals surface area contributed by atoms with E-state index in [0.717, 1.165) is 25.7 Å². The summed E-state index contributed by atoms with van der Waals surface area (Å²) in [7, 11) is 6.07. The van der Waals surface area contributed by atoms with Crippen LogP contribution in [0.1, 0.15) is 57.4 Å². The van der Waals surface area contributed by atoms with E-state index in [4.69, 9.17) is 33.3 Å². The molecule has 0 aliphatic heterocycles. The lowest BCUT2D eigenvalue weighted by atomic mass is 9.76. The normalized spacial score (nSPS) is 18.3. The van der Waals surface area contributed by atoms with E-state index in [-0.39, 0.29) is 18.8 Å². The van der Waals surface area contributed by atoms with Crippen molar-refractivity contribution in [3.05, 3.63) is 53.9 Å². The molecule has 1 atom stereocenters. The zero-order valence-electron chi connectivity index (χ0n) is 22.8. The number of carbonyl (C=O) groups is 1. The molecule has 0 saturated carbocycles. The van der Waals surface area contributed by atoms with Gasteiger partial charge in [0.15, 0.2) is 5.79 Å². The Labute approximate surface area is 219 Å². The molecular formula is C27H40N2O8. The second kappa shape index (κ2) is 14.8. The summed E-state index contributed by atoms with van der Waals surface area (Å²) in [5.41, 5.74) is 1.09. The number of rotatable bonds is 16. The first-order chi connectivity index (χ1) is 17.9. The SMILES string of the molecule is C=C(Oc1ccccc1C1C(OC)(OC)C=C(N=NOCCCCCC)CC1(OC)OC)C(=O)OCC. The molecule has 0 spiro atoms. The van der Waals surface area contributed by atoms with E-state index >= 15 is 0 Å². The Morgan fingerprint density at radius 3 is 2.35 bits per heavy atom. The van der Waals surface area contributed by atoms with Gasteiger partial charge in [-0.2, -0.15) is 0 Å². The van der Waals surface area contributed by atoms with Gasteiger partial charge in [0.25, 0.3) is 0 Å². The highest BCUT2D eigenvalue weighted by atomic mass is 16.7. The van der Waals surface area contributed by atoms with Gasteiger partial charge in [-0.1, -0.05) is 38.0 Å². The fourth-order valence-electron chi connectivity index (χ4n) is 4.36. The molecule has 206 valence electrons. The fourth-order valence-corrected chi connectivity index (χ4v) is 4.36. The summed E-state index contributed by atoms with van der Waals surface area (Å²) in [6.45, 7) is 8.25. The topological polar surface area (TPSA) is 106 Å². The van der Waals surface area contributed by atoms with Crippen LogP contribution in [0.3, 0.4) is 0 Å². The molecule has 1 aromatic rings. The number of methoxy groups -OCH3 is 4. The van der Waals surface area contributed by atoms with Crippen molar-refractivity contribution in [3.8, 4) is 5.75 Å². The van der Waals surface area contributed by atoms with Crippen molar-refractivity contribution in [2.75, 3.05) is 41.7 Å². The molecule has 1 aliphatic carbocycles. The number of esters is 1. The Morgan fingerprint density at radius 1 is 1.03 bits per heavy atom. The summed E-state index contributed by atoms with van der Waals surface area (Å²) in [4.78, 5) is 17.5. The molecule has 1 aliphatic rings. The molecule has 2 rings (SSSR count). The van der Waals surface area contributed by atoms with Gasteiger partial charge in [0, 0.05) is 45.7 Å². The molecule has 0 bridgehead atoms. The molecule has 0 N–H and O–H groups in total. The van der Waals surface area contributed by atoms with Gasteiger partial charge in [-0.15, -0.1) is 5.11 Å². The predicted molar refractivity (Wildman–Crippen MR) is 137 cm³/mol. The van der Waals surface area contributed by atoms with E-state index in [1.54, 1.807) is 25.1 Å². The first-order valence-corrected chi connectivity index (χ1v) is 12.4. The van der Waals surface area contributed by atoms with Gasteiger partial charge in [-0.25, -0.2) is 4.79 Å². The molecule has 0 saturated heterocycles. The van der Waals surface area contributed by atoms with Crippen molar-refractivity contribution in [2.24, 2.45) is 10.4 Å². The van der Waals surface area contributed by atoms with Crippen molar-refractivity contribution in [3.63, 3.8) is 0 Å². The lowest BCUT2D eigenvalue weighted by molar-refractivity contribution is -0.298. The molecule has 0 heterocycles. The Balaban J connectivity index is 2.47. The average Bonchev–Trinajstić information content (AvgIpc) is 2.92. The number of benzene rings is 1. The van der Waals surface area contributed by atoms with Gasteiger partial charge in [0.1, 0.15) is 18.3 Å². The van der Waals surface area contributed by atoms with Crippen LogP contribution in [0.25, 0.3) is 0 Å². The van der Waals surface area contributed by atoms with E-state index in [2.05, 4.69) is 23.9 Å². The van der Waals surface area contributed by atoms with Gasteiger partial charge >= 0.3 is 5.97 Å². The number of hydrogen-bond acceptors (Lipinski definition) is 10. The maximum absolute atomic E-state index is 12.2. The van der Waals surface area contributed by atoms with Crippen LogP contribution in [-0.2, 0) is 33.3 Å². The first kappa shape index (κ1) is 30.4. The number of carbonyl (C=O) groups excluding carboxylic acids is 1. The third kappa shape index (κ3) is 7.38. The molecule has 0 amide bonds. The zero-order chi connectivity index (χ0) is 27.3. The van der Waals surface area contributed by atoms with Gasteiger partial charge in [0.05, 0.1) is 12.3 Å². The number of unbranched alkanes of at least 4 members (excludes halogenated alkanes) is 3. The maximum Gasteiger partial charge on any atom is 0.373 e. The minimum Gasteiger partial charge on any atom is -0.460 e. The van der Waals surface area contributed by atoms with Crippen molar-refractivity contribution < 1.29 is 38.1 Å². The summed E-state index contributed by atoms with van der Waals surface area (Å²) in [6.07, 6.45) is 6.20. The van der Waals surface area contributed by atoms with Crippen LogP contribution in [-0.4, -0.2) is 59.2 Å². The summed E-state index contributed by atoms with van der Waals surface area (Å²) in [6, 6.07) is 7.12. The van der Waals surface area contributed by atoms with E-state index in [1.165, 1.54) is 28.4 Å². The first-order valence-electron chi connectivity index (χ1n) is 12.4. The quantitative estimate of drug-likeness (QED) is 0.0538. The van der Waals surface area contributed by atoms with Crippen molar-refractivity contribution in [2.45, 2.75) is 63.4 Å². The molecule has 10 nitrogen and oxygen atoms in total. The number of ether oxygens (including phenoxy) is 6. The smallest absolute Gasteiger partial charge is 0.373 e. The largest absolute Gasteiger partial charge is 0.460 e. The molecule has 0 aromatic heterocycles. The zero-order valence-corrected chi connectivity index (χ0v) is 22.8. The minimum atomic E-state index is -1.40. The van der Waals surface area contributed by atoms with Crippen molar-refractivity contribution in [1.29, 1.82) is 0 Å². The van der Waals surface area contributed by atoms with Crippen molar-refractivity contribution in [1.82, 2.24) is 0 Å². The van der Waals surface area contributed by atoms with Crippen LogP contribution in [0.4, 0.5) is 0 Å². The van der Waals surface area contributed by atoms with Gasteiger partial charge in [-0.05, 0) is 38.5 Å². The summed E-state index contributed by atoms with van der Waals surface area (Å²) in [5, 5.41) is 8.16. The highest BCUT2D eigenvalue weighted by molar-refractivity contribution is 5.86. The Hall–Kier alpha value is -2.79. The van der Waals surface area contributed by atoms with Crippen LogP contribution in [0.2, 0.25) is 0 Å². The Bertz CT molecular complexity index is 938. The average molecular weight is 521 g/mol. The highest BCUT2D eigenvalue weighted by Gasteiger charge is 2.58. The molecule has 0 radical (unpaired) electrons. The van der Waals surface area contributed by atoms with Gasteiger partial charge in [-0.3, -0.25) is 0 Å².